The zero-order valence-corrected chi connectivity index (χ0v) is 12.1. The molecule has 5 nitrogen and oxygen atoms in total. The quantitative estimate of drug-likeness (QED) is 0.815. The van der Waals surface area contributed by atoms with Crippen molar-refractivity contribution in [1.82, 2.24) is 4.98 Å². The number of fused-ring (bicyclic) bond motifs is 3. The summed E-state index contributed by atoms with van der Waals surface area (Å²) in [6.07, 6.45) is 2.89. The van der Waals surface area contributed by atoms with Crippen LogP contribution in [0.5, 0.6) is 0 Å². The zero-order chi connectivity index (χ0) is 15.3. The molecule has 0 bridgehead atoms. The molecule has 2 aromatic rings. The maximum Gasteiger partial charge on any atom is 0.337 e. The molecule has 0 saturated carbocycles. The minimum absolute atomic E-state index is 0.0166. The van der Waals surface area contributed by atoms with Crippen LogP contribution in [0, 0.1) is 0 Å². The number of benzene rings is 1. The Kier molecular flexibility index (Phi) is 2.60. The summed E-state index contributed by atoms with van der Waals surface area (Å²) in [7, 11) is 1.36. The van der Waals surface area contributed by atoms with E-state index in [2.05, 4.69) is 10.3 Å². The highest BCUT2D eigenvalue weighted by atomic mass is 16.5. The molecule has 4 rings (SSSR count). The normalized spacial score (nSPS) is 21.4. The van der Waals surface area contributed by atoms with Crippen LogP contribution in [0.25, 0.3) is 0 Å². The van der Waals surface area contributed by atoms with Gasteiger partial charge in [0.05, 0.1) is 18.1 Å². The molecule has 2 aliphatic rings. The zero-order valence-electron chi connectivity index (χ0n) is 12.1. The Labute approximate surface area is 127 Å². The number of amides is 1. The number of hydrogen-bond acceptors (Lipinski definition) is 4. The van der Waals surface area contributed by atoms with Crippen LogP contribution in [-0.2, 0) is 27.8 Å². The summed E-state index contributed by atoms with van der Waals surface area (Å²) in [6.45, 7) is 0. The number of rotatable bonds is 1. The molecule has 0 unspecified atom stereocenters. The van der Waals surface area contributed by atoms with E-state index < -0.39 is 5.41 Å². The van der Waals surface area contributed by atoms with Crippen LogP contribution in [0.15, 0.2) is 36.5 Å². The third kappa shape index (κ3) is 1.62. The van der Waals surface area contributed by atoms with Crippen LogP contribution in [0.3, 0.4) is 0 Å². The molecule has 0 radical (unpaired) electrons. The van der Waals surface area contributed by atoms with E-state index in [0.29, 0.717) is 24.2 Å². The van der Waals surface area contributed by atoms with Crippen molar-refractivity contribution in [2.24, 2.45) is 0 Å². The number of anilines is 1. The topological polar surface area (TPSA) is 68.3 Å². The summed E-state index contributed by atoms with van der Waals surface area (Å²) in [5.74, 6) is 0.271. The lowest BCUT2D eigenvalue weighted by molar-refractivity contribution is -0.120. The Balaban J connectivity index is 1.79. The van der Waals surface area contributed by atoms with E-state index in [1.54, 1.807) is 12.3 Å². The van der Waals surface area contributed by atoms with Gasteiger partial charge in [0.15, 0.2) is 0 Å². The molecule has 1 amide bonds. The fourth-order valence-electron chi connectivity index (χ4n) is 3.51. The van der Waals surface area contributed by atoms with Crippen LogP contribution >= 0.6 is 0 Å². The number of carbonyl (C=O) groups is 2. The van der Waals surface area contributed by atoms with E-state index in [1.807, 2.05) is 24.3 Å². The summed E-state index contributed by atoms with van der Waals surface area (Å²) >= 11 is 0. The number of nitrogens with one attached hydrogen (secondary N) is 1. The van der Waals surface area contributed by atoms with E-state index in [1.165, 1.54) is 7.11 Å². The fraction of sp³-hybridized carbons (Fsp3) is 0.235. The van der Waals surface area contributed by atoms with Gasteiger partial charge in [0.2, 0.25) is 5.91 Å². The predicted octanol–water partition coefficient (Wildman–Crippen LogP) is 1.86. The van der Waals surface area contributed by atoms with E-state index in [-0.39, 0.29) is 11.9 Å². The summed E-state index contributed by atoms with van der Waals surface area (Å²) in [5, 5.41) is 2.87. The molecule has 1 aromatic carbocycles. The summed E-state index contributed by atoms with van der Waals surface area (Å²) < 4.78 is 4.76. The fourth-order valence-corrected chi connectivity index (χ4v) is 3.51. The van der Waals surface area contributed by atoms with Gasteiger partial charge in [0.25, 0.3) is 0 Å². The molecule has 0 saturated heterocycles. The van der Waals surface area contributed by atoms with Gasteiger partial charge in [-0.3, -0.25) is 4.79 Å². The largest absolute Gasteiger partial charge is 0.465 e. The van der Waals surface area contributed by atoms with Gasteiger partial charge < -0.3 is 10.1 Å². The molecular formula is C17H14N2O3. The Morgan fingerprint density at radius 3 is 2.91 bits per heavy atom. The highest BCUT2D eigenvalue weighted by Gasteiger charge is 2.51. The highest BCUT2D eigenvalue weighted by Crippen LogP contribution is 2.46. The van der Waals surface area contributed by atoms with Crippen LogP contribution in [0.1, 0.15) is 27.0 Å². The Morgan fingerprint density at radius 2 is 2.09 bits per heavy atom. The lowest BCUT2D eigenvalue weighted by atomic mass is 9.79. The number of nitrogens with zero attached hydrogens (tertiary/aromatic N) is 1. The van der Waals surface area contributed by atoms with E-state index in [4.69, 9.17) is 4.74 Å². The number of hydrogen-bond donors (Lipinski definition) is 1. The SMILES string of the molecule is COC(=O)c1ccc2c(c1)C[C@@]1(C2)C(=O)Nc2ncccc21. The van der Waals surface area contributed by atoms with Gasteiger partial charge in [0.1, 0.15) is 5.82 Å². The highest BCUT2D eigenvalue weighted by molar-refractivity contribution is 6.06. The minimum Gasteiger partial charge on any atom is -0.465 e. The maximum absolute atomic E-state index is 12.6. The van der Waals surface area contributed by atoms with Gasteiger partial charge in [-0.25, -0.2) is 9.78 Å². The molecule has 1 atom stereocenters. The monoisotopic (exact) mass is 294 g/mol. The van der Waals surface area contributed by atoms with Crippen LogP contribution < -0.4 is 5.32 Å². The Bertz CT molecular complexity index is 815. The summed E-state index contributed by atoms with van der Waals surface area (Å²) in [5.41, 5.74) is 2.98. The number of pyridine rings is 1. The number of methoxy groups -OCH3 is 1. The Morgan fingerprint density at radius 1 is 1.27 bits per heavy atom. The van der Waals surface area contributed by atoms with Crippen LogP contribution in [-0.4, -0.2) is 24.0 Å². The molecule has 22 heavy (non-hydrogen) atoms. The first-order valence-corrected chi connectivity index (χ1v) is 7.11. The number of carbonyl (C=O) groups excluding carboxylic acids is 2. The predicted molar refractivity (Wildman–Crippen MR) is 79.7 cm³/mol. The molecular weight excluding hydrogens is 280 g/mol. The standard InChI is InChI=1S/C17H14N2O3/c1-22-15(20)10-4-5-11-8-17(9-12(11)7-10)13-3-2-6-18-14(13)19-16(17)21/h2-7H,8-9H2,1H3,(H,18,19,21)/t17-/m1/s1. The van der Waals surface area contributed by atoms with Crippen molar-refractivity contribution in [3.05, 3.63) is 58.8 Å². The molecule has 1 N–H and O–H groups in total. The average Bonchev–Trinajstić information content (AvgIpc) is 3.05. The van der Waals surface area contributed by atoms with Gasteiger partial charge in [-0.15, -0.1) is 0 Å². The van der Waals surface area contributed by atoms with Crippen molar-refractivity contribution < 1.29 is 14.3 Å². The molecule has 1 aliphatic carbocycles. The first kappa shape index (κ1) is 13.0. The van der Waals surface area contributed by atoms with Crippen molar-refractivity contribution in [3.8, 4) is 0 Å². The summed E-state index contributed by atoms with van der Waals surface area (Å²) in [4.78, 5) is 28.5. The third-order valence-corrected chi connectivity index (χ3v) is 4.60. The van der Waals surface area contributed by atoms with E-state index in [9.17, 15) is 9.59 Å². The minimum atomic E-state index is -0.597. The molecule has 2 heterocycles. The second-order valence-corrected chi connectivity index (χ2v) is 5.76. The van der Waals surface area contributed by atoms with Gasteiger partial charge in [0, 0.05) is 11.8 Å². The van der Waals surface area contributed by atoms with E-state index in [0.717, 1.165) is 16.7 Å². The van der Waals surface area contributed by atoms with Gasteiger partial charge >= 0.3 is 5.97 Å². The number of esters is 1. The number of ether oxygens (including phenoxy) is 1. The first-order valence-electron chi connectivity index (χ1n) is 7.11. The lowest BCUT2D eigenvalue weighted by Gasteiger charge is -2.20. The molecule has 1 aliphatic heterocycles. The van der Waals surface area contributed by atoms with Crippen molar-refractivity contribution in [2.75, 3.05) is 12.4 Å². The number of aromatic nitrogens is 1. The smallest absolute Gasteiger partial charge is 0.337 e. The molecule has 110 valence electrons. The molecule has 1 aromatic heterocycles. The van der Waals surface area contributed by atoms with E-state index >= 15 is 0 Å². The summed E-state index contributed by atoms with van der Waals surface area (Å²) in [6, 6.07) is 9.30. The first-order chi connectivity index (χ1) is 10.6. The Hall–Kier alpha value is -2.69. The lowest BCUT2D eigenvalue weighted by Crippen LogP contribution is -2.35. The second-order valence-electron chi connectivity index (χ2n) is 5.76. The molecule has 1 spiro atoms. The molecule has 0 fully saturated rings. The second kappa shape index (κ2) is 4.40. The van der Waals surface area contributed by atoms with Crippen molar-refractivity contribution in [1.29, 1.82) is 0 Å². The van der Waals surface area contributed by atoms with Crippen molar-refractivity contribution >= 4 is 17.7 Å². The van der Waals surface area contributed by atoms with Crippen molar-refractivity contribution in [2.45, 2.75) is 18.3 Å². The average molecular weight is 294 g/mol. The maximum atomic E-state index is 12.6. The van der Waals surface area contributed by atoms with Gasteiger partial charge in [-0.05, 0) is 42.2 Å². The van der Waals surface area contributed by atoms with Crippen LogP contribution in [0.4, 0.5) is 5.82 Å². The van der Waals surface area contributed by atoms with Crippen molar-refractivity contribution in [3.63, 3.8) is 0 Å². The van der Waals surface area contributed by atoms with Gasteiger partial charge in [-0.2, -0.15) is 0 Å². The van der Waals surface area contributed by atoms with Crippen LogP contribution in [0.2, 0.25) is 0 Å². The molecule has 5 heteroatoms. The third-order valence-electron chi connectivity index (χ3n) is 4.60. The van der Waals surface area contributed by atoms with Gasteiger partial charge in [-0.1, -0.05) is 12.1 Å².